The Morgan fingerprint density at radius 2 is 1.75 bits per heavy atom. The van der Waals surface area contributed by atoms with Gasteiger partial charge in [0.2, 0.25) is 0 Å². The molecule has 0 saturated carbocycles. The Labute approximate surface area is 122 Å². The largest absolute Gasteiger partial charge is 0.305 e. The van der Waals surface area contributed by atoms with Crippen molar-refractivity contribution in [2.75, 3.05) is 0 Å². The van der Waals surface area contributed by atoms with Crippen LogP contribution >= 0.6 is 0 Å². The fraction of sp³-hybridized carbons (Fsp3) is 0.389. The molecular weight excluding hydrogens is 244 g/mol. The van der Waals surface area contributed by atoms with Crippen molar-refractivity contribution in [1.82, 2.24) is 10.3 Å². The number of pyridine rings is 1. The summed E-state index contributed by atoms with van der Waals surface area (Å²) < 4.78 is 0. The molecule has 1 aromatic carbocycles. The molecule has 1 aromatic heterocycles. The highest BCUT2D eigenvalue weighted by molar-refractivity contribution is 5.21. The van der Waals surface area contributed by atoms with Crippen LogP contribution in [0.25, 0.3) is 0 Å². The molecule has 0 spiro atoms. The van der Waals surface area contributed by atoms with Crippen LogP contribution in [0.4, 0.5) is 0 Å². The lowest BCUT2D eigenvalue weighted by atomic mass is 9.82. The Hall–Kier alpha value is -1.67. The molecule has 0 aliphatic carbocycles. The molecule has 0 aliphatic heterocycles. The minimum atomic E-state index is 0.166. The molecule has 0 bridgehead atoms. The second kappa shape index (κ2) is 6.19. The number of rotatable bonds is 4. The molecule has 0 saturated heterocycles. The van der Waals surface area contributed by atoms with Gasteiger partial charge in [-0.2, -0.15) is 0 Å². The first-order valence-electron chi connectivity index (χ1n) is 7.16. The van der Waals surface area contributed by atoms with E-state index in [1.54, 1.807) is 0 Å². The van der Waals surface area contributed by atoms with Crippen molar-refractivity contribution in [3.05, 3.63) is 65.5 Å². The van der Waals surface area contributed by atoms with Crippen molar-refractivity contribution in [1.29, 1.82) is 0 Å². The highest BCUT2D eigenvalue weighted by atomic mass is 14.9. The zero-order chi connectivity index (χ0) is 14.6. The summed E-state index contributed by atoms with van der Waals surface area (Å²) in [6.07, 6.45) is 1.95. The SMILES string of the molecule is Cc1ccc(CNC(c2ccccc2)C(C)(C)C)cn1. The average Bonchev–Trinajstić information content (AvgIpc) is 2.41. The topological polar surface area (TPSA) is 24.9 Å². The normalized spacial score (nSPS) is 13.2. The third-order valence-electron chi connectivity index (χ3n) is 3.48. The summed E-state index contributed by atoms with van der Waals surface area (Å²) in [6, 6.07) is 15.2. The standard InChI is InChI=1S/C18H24N2/c1-14-10-11-15(12-19-14)13-20-17(18(2,3)4)16-8-6-5-7-9-16/h5-12,17,20H,13H2,1-4H3. The molecule has 0 radical (unpaired) electrons. The quantitative estimate of drug-likeness (QED) is 0.896. The second-order valence-corrected chi connectivity index (χ2v) is 6.40. The number of hydrogen-bond acceptors (Lipinski definition) is 2. The number of aromatic nitrogens is 1. The highest BCUT2D eigenvalue weighted by Gasteiger charge is 2.25. The molecule has 2 heteroatoms. The van der Waals surface area contributed by atoms with Gasteiger partial charge in [0.25, 0.3) is 0 Å². The monoisotopic (exact) mass is 268 g/mol. The molecular formula is C18H24N2. The summed E-state index contributed by atoms with van der Waals surface area (Å²) in [5.41, 5.74) is 3.78. The molecule has 0 amide bonds. The molecule has 106 valence electrons. The molecule has 1 atom stereocenters. The van der Waals surface area contributed by atoms with Crippen molar-refractivity contribution < 1.29 is 0 Å². The van der Waals surface area contributed by atoms with E-state index >= 15 is 0 Å². The van der Waals surface area contributed by atoms with Gasteiger partial charge in [0.15, 0.2) is 0 Å². The number of hydrogen-bond donors (Lipinski definition) is 1. The molecule has 1 N–H and O–H groups in total. The van der Waals surface area contributed by atoms with Crippen molar-refractivity contribution in [3.8, 4) is 0 Å². The maximum atomic E-state index is 4.35. The number of nitrogens with one attached hydrogen (secondary N) is 1. The van der Waals surface area contributed by atoms with Gasteiger partial charge in [0.05, 0.1) is 0 Å². The Bertz CT molecular complexity index is 524. The first-order chi connectivity index (χ1) is 9.47. The summed E-state index contributed by atoms with van der Waals surface area (Å²) >= 11 is 0. The number of benzene rings is 1. The molecule has 2 rings (SSSR count). The Balaban J connectivity index is 2.11. The fourth-order valence-corrected chi connectivity index (χ4v) is 2.39. The van der Waals surface area contributed by atoms with E-state index in [0.29, 0.717) is 6.04 Å². The van der Waals surface area contributed by atoms with Crippen molar-refractivity contribution in [2.24, 2.45) is 5.41 Å². The van der Waals surface area contributed by atoms with Crippen molar-refractivity contribution in [3.63, 3.8) is 0 Å². The summed E-state index contributed by atoms with van der Waals surface area (Å²) in [7, 11) is 0. The van der Waals surface area contributed by atoms with E-state index in [1.165, 1.54) is 11.1 Å². The van der Waals surface area contributed by atoms with Crippen LogP contribution in [0.5, 0.6) is 0 Å². The lowest BCUT2D eigenvalue weighted by molar-refractivity contribution is 0.271. The van der Waals surface area contributed by atoms with Crippen LogP contribution in [0.3, 0.4) is 0 Å². The third kappa shape index (κ3) is 3.91. The van der Waals surface area contributed by atoms with Gasteiger partial charge in [-0.1, -0.05) is 57.2 Å². The van der Waals surface area contributed by atoms with Crippen LogP contribution in [0.15, 0.2) is 48.7 Å². The van der Waals surface area contributed by atoms with Gasteiger partial charge in [-0.25, -0.2) is 0 Å². The minimum Gasteiger partial charge on any atom is -0.305 e. The molecule has 2 aromatic rings. The first-order valence-corrected chi connectivity index (χ1v) is 7.16. The Morgan fingerprint density at radius 3 is 2.30 bits per heavy atom. The van der Waals surface area contributed by atoms with Gasteiger partial charge in [0, 0.05) is 24.5 Å². The van der Waals surface area contributed by atoms with E-state index in [0.717, 1.165) is 12.2 Å². The lowest BCUT2D eigenvalue weighted by Gasteiger charge is -2.32. The van der Waals surface area contributed by atoms with Crippen LogP contribution < -0.4 is 5.32 Å². The molecule has 0 fully saturated rings. The van der Waals surface area contributed by atoms with Gasteiger partial charge in [0.1, 0.15) is 0 Å². The Morgan fingerprint density at radius 1 is 1.05 bits per heavy atom. The van der Waals surface area contributed by atoms with E-state index in [9.17, 15) is 0 Å². The molecule has 1 unspecified atom stereocenters. The van der Waals surface area contributed by atoms with Crippen molar-refractivity contribution >= 4 is 0 Å². The van der Waals surface area contributed by atoms with Gasteiger partial charge in [-0.15, -0.1) is 0 Å². The molecule has 0 aliphatic rings. The van der Waals surface area contributed by atoms with Crippen LogP contribution in [-0.4, -0.2) is 4.98 Å². The Kier molecular flexibility index (Phi) is 4.56. The van der Waals surface area contributed by atoms with Crippen LogP contribution in [0, 0.1) is 12.3 Å². The zero-order valence-electron chi connectivity index (χ0n) is 12.9. The lowest BCUT2D eigenvalue weighted by Crippen LogP contribution is -2.32. The predicted molar refractivity (Wildman–Crippen MR) is 84.5 cm³/mol. The van der Waals surface area contributed by atoms with Crippen LogP contribution in [0.2, 0.25) is 0 Å². The second-order valence-electron chi connectivity index (χ2n) is 6.40. The van der Waals surface area contributed by atoms with Gasteiger partial charge in [-0.3, -0.25) is 4.98 Å². The van der Waals surface area contributed by atoms with E-state index in [4.69, 9.17) is 0 Å². The van der Waals surface area contributed by atoms with Crippen molar-refractivity contribution in [2.45, 2.75) is 40.3 Å². The molecule has 1 heterocycles. The average molecular weight is 268 g/mol. The third-order valence-corrected chi connectivity index (χ3v) is 3.48. The summed E-state index contributed by atoms with van der Waals surface area (Å²) in [5, 5.41) is 3.67. The van der Waals surface area contributed by atoms with E-state index < -0.39 is 0 Å². The minimum absolute atomic E-state index is 0.166. The van der Waals surface area contributed by atoms with Gasteiger partial charge < -0.3 is 5.32 Å². The molecule has 20 heavy (non-hydrogen) atoms. The van der Waals surface area contributed by atoms with Gasteiger partial charge in [-0.05, 0) is 29.5 Å². The number of nitrogens with zero attached hydrogens (tertiary/aromatic N) is 1. The summed E-state index contributed by atoms with van der Waals surface area (Å²) in [4.78, 5) is 4.35. The summed E-state index contributed by atoms with van der Waals surface area (Å²) in [6.45, 7) is 9.66. The number of aryl methyl sites for hydroxylation is 1. The zero-order valence-corrected chi connectivity index (χ0v) is 12.9. The van der Waals surface area contributed by atoms with E-state index in [1.807, 2.05) is 13.1 Å². The van der Waals surface area contributed by atoms with Crippen LogP contribution in [-0.2, 0) is 6.54 Å². The highest BCUT2D eigenvalue weighted by Crippen LogP contribution is 2.32. The molecule has 2 nitrogen and oxygen atoms in total. The van der Waals surface area contributed by atoms with Crippen LogP contribution in [0.1, 0.15) is 43.6 Å². The predicted octanol–water partition coefficient (Wildman–Crippen LogP) is 4.27. The summed E-state index contributed by atoms with van der Waals surface area (Å²) in [5.74, 6) is 0. The van der Waals surface area contributed by atoms with E-state index in [2.05, 4.69) is 73.5 Å². The van der Waals surface area contributed by atoms with Gasteiger partial charge >= 0.3 is 0 Å². The fourth-order valence-electron chi connectivity index (χ4n) is 2.39. The van der Waals surface area contributed by atoms with E-state index in [-0.39, 0.29) is 5.41 Å². The maximum absolute atomic E-state index is 4.35. The maximum Gasteiger partial charge on any atom is 0.0372 e. The smallest absolute Gasteiger partial charge is 0.0372 e. The first kappa shape index (κ1) is 14.7.